The van der Waals surface area contributed by atoms with Gasteiger partial charge in [0.1, 0.15) is 4.90 Å². The second kappa shape index (κ2) is 6.00. The van der Waals surface area contributed by atoms with Crippen molar-refractivity contribution in [1.82, 2.24) is 9.71 Å². The molecule has 0 saturated carbocycles. The van der Waals surface area contributed by atoms with Gasteiger partial charge in [0, 0.05) is 22.8 Å². The molecule has 0 aliphatic carbocycles. The van der Waals surface area contributed by atoms with E-state index in [4.69, 9.17) is 5.73 Å². The van der Waals surface area contributed by atoms with Crippen molar-refractivity contribution < 1.29 is 8.42 Å². The molecule has 5 nitrogen and oxygen atoms in total. The summed E-state index contributed by atoms with van der Waals surface area (Å²) in [4.78, 5) is 4.18. The minimum atomic E-state index is -3.60. The van der Waals surface area contributed by atoms with Gasteiger partial charge in [-0.25, -0.2) is 18.1 Å². The summed E-state index contributed by atoms with van der Waals surface area (Å²) in [5, 5.41) is 1.89. The molecule has 0 aliphatic heterocycles. The lowest BCUT2D eigenvalue weighted by Gasteiger charge is -2.09. The van der Waals surface area contributed by atoms with Crippen LogP contribution in [0, 0.1) is 0 Å². The third-order valence-corrected chi connectivity index (χ3v) is 5.07. The maximum atomic E-state index is 12.1. The van der Waals surface area contributed by atoms with Gasteiger partial charge in [-0.05, 0) is 18.2 Å². The lowest BCUT2D eigenvalue weighted by Crippen LogP contribution is -2.26. The summed E-state index contributed by atoms with van der Waals surface area (Å²) < 4.78 is 27.4. The van der Waals surface area contributed by atoms with E-state index < -0.39 is 10.0 Å². The van der Waals surface area contributed by atoms with Crippen LogP contribution in [-0.4, -0.2) is 19.9 Å². The Hall–Kier alpha value is -0.960. The van der Waals surface area contributed by atoms with Gasteiger partial charge in [-0.3, -0.25) is 0 Å². The normalized spacial score (nSPS) is 11.6. The quantitative estimate of drug-likeness (QED) is 0.797. The van der Waals surface area contributed by atoms with Crippen LogP contribution in [-0.2, 0) is 16.4 Å². The number of halogens is 1. The molecule has 3 N–H and O–H groups in total. The fourth-order valence-corrected chi connectivity index (χ4v) is 3.79. The smallest absolute Gasteiger partial charge is 0.242 e. The number of nitrogens with zero attached hydrogens (tertiary/aromatic N) is 1. The molecule has 0 aliphatic rings. The Bertz CT molecular complexity index is 657. The van der Waals surface area contributed by atoms with Crippen LogP contribution < -0.4 is 10.5 Å². The van der Waals surface area contributed by atoms with Gasteiger partial charge in [0.25, 0.3) is 0 Å². The molecule has 8 heteroatoms. The maximum absolute atomic E-state index is 12.1. The van der Waals surface area contributed by atoms with E-state index in [1.807, 2.05) is 5.38 Å². The summed E-state index contributed by atoms with van der Waals surface area (Å²) in [7, 11) is -3.60. The molecule has 19 heavy (non-hydrogen) atoms. The molecule has 1 aromatic heterocycles. The molecule has 2 aromatic rings. The van der Waals surface area contributed by atoms with Gasteiger partial charge in [0.2, 0.25) is 10.0 Å². The van der Waals surface area contributed by atoms with E-state index in [-0.39, 0.29) is 17.1 Å². The summed E-state index contributed by atoms with van der Waals surface area (Å²) in [5.41, 5.74) is 8.51. The van der Waals surface area contributed by atoms with E-state index in [1.54, 1.807) is 17.6 Å². The highest BCUT2D eigenvalue weighted by Crippen LogP contribution is 2.22. The van der Waals surface area contributed by atoms with Gasteiger partial charge in [-0.2, -0.15) is 0 Å². The Balaban J connectivity index is 2.07. The van der Waals surface area contributed by atoms with Crippen LogP contribution in [0.25, 0.3) is 0 Å². The van der Waals surface area contributed by atoms with Crippen molar-refractivity contribution in [3.8, 4) is 0 Å². The predicted octanol–water partition coefficient (Wildman–Crippen LogP) is 2.01. The standard InChI is InChI=1S/C11H12BrN3O2S2/c12-8-1-2-10(13)11(5-8)19(16,17)15-4-3-9-6-18-7-14-9/h1-2,5-7,15H,3-4,13H2. The maximum Gasteiger partial charge on any atom is 0.242 e. The zero-order chi connectivity index (χ0) is 13.9. The Morgan fingerprint density at radius 2 is 2.21 bits per heavy atom. The fraction of sp³-hybridized carbons (Fsp3) is 0.182. The third-order valence-electron chi connectivity index (χ3n) is 2.42. The molecule has 1 aromatic carbocycles. The molecule has 0 amide bonds. The van der Waals surface area contributed by atoms with Gasteiger partial charge >= 0.3 is 0 Å². The monoisotopic (exact) mass is 361 g/mol. The number of rotatable bonds is 5. The van der Waals surface area contributed by atoms with E-state index in [0.717, 1.165) is 5.69 Å². The average Bonchev–Trinajstić information content (AvgIpc) is 2.85. The largest absolute Gasteiger partial charge is 0.398 e. The first kappa shape index (κ1) is 14.4. The van der Waals surface area contributed by atoms with E-state index >= 15 is 0 Å². The van der Waals surface area contributed by atoms with Gasteiger partial charge < -0.3 is 5.73 Å². The molecule has 1 heterocycles. The number of sulfonamides is 1. The Kier molecular flexibility index (Phi) is 4.56. The molecular formula is C11H12BrN3O2S2. The third kappa shape index (κ3) is 3.75. The molecular weight excluding hydrogens is 350 g/mol. The average molecular weight is 362 g/mol. The predicted molar refractivity (Wildman–Crippen MR) is 79.6 cm³/mol. The number of nitrogens with one attached hydrogen (secondary N) is 1. The number of benzene rings is 1. The van der Waals surface area contributed by atoms with Crippen LogP contribution in [0.15, 0.2) is 38.5 Å². The Labute approximate surface area is 124 Å². The van der Waals surface area contributed by atoms with E-state index in [9.17, 15) is 8.42 Å². The lowest BCUT2D eigenvalue weighted by atomic mass is 10.3. The highest BCUT2D eigenvalue weighted by atomic mass is 79.9. The van der Waals surface area contributed by atoms with Crippen molar-refractivity contribution >= 4 is 43.0 Å². The molecule has 0 spiro atoms. The summed E-state index contributed by atoms with van der Waals surface area (Å²) >= 11 is 4.72. The first-order valence-electron chi connectivity index (χ1n) is 5.41. The number of hydrogen-bond donors (Lipinski definition) is 2. The minimum absolute atomic E-state index is 0.0835. The molecule has 0 saturated heterocycles. The summed E-state index contributed by atoms with van der Waals surface area (Å²) in [5.74, 6) is 0. The summed E-state index contributed by atoms with van der Waals surface area (Å²) in [6.07, 6.45) is 0.552. The van der Waals surface area contributed by atoms with Crippen molar-refractivity contribution in [3.63, 3.8) is 0 Å². The fourth-order valence-electron chi connectivity index (χ4n) is 1.49. The second-order valence-corrected chi connectivity index (χ2v) is 7.18. The number of hydrogen-bond acceptors (Lipinski definition) is 5. The topological polar surface area (TPSA) is 85.1 Å². The van der Waals surface area contributed by atoms with Crippen LogP contribution in [0.3, 0.4) is 0 Å². The van der Waals surface area contributed by atoms with Crippen molar-refractivity contribution in [3.05, 3.63) is 39.3 Å². The van der Waals surface area contributed by atoms with Crippen LogP contribution in [0.5, 0.6) is 0 Å². The first-order valence-corrected chi connectivity index (χ1v) is 8.63. The van der Waals surface area contributed by atoms with E-state index in [1.165, 1.54) is 17.4 Å². The number of nitrogen functional groups attached to an aromatic ring is 1. The zero-order valence-electron chi connectivity index (χ0n) is 9.84. The summed E-state index contributed by atoms with van der Waals surface area (Å²) in [6.45, 7) is 0.290. The van der Waals surface area contributed by atoms with Gasteiger partial charge in [-0.1, -0.05) is 15.9 Å². The molecule has 0 unspecified atom stereocenters. The van der Waals surface area contributed by atoms with Gasteiger partial charge in [-0.15, -0.1) is 11.3 Å². The SMILES string of the molecule is Nc1ccc(Br)cc1S(=O)(=O)NCCc1cscn1. The zero-order valence-corrected chi connectivity index (χ0v) is 13.1. The Morgan fingerprint density at radius 3 is 2.89 bits per heavy atom. The highest BCUT2D eigenvalue weighted by molar-refractivity contribution is 9.10. The molecule has 102 valence electrons. The lowest BCUT2D eigenvalue weighted by molar-refractivity contribution is 0.581. The molecule has 0 atom stereocenters. The van der Waals surface area contributed by atoms with Crippen molar-refractivity contribution in [2.24, 2.45) is 0 Å². The van der Waals surface area contributed by atoms with Gasteiger partial charge in [0.05, 0.1) is 16.9 Å². The van der Waals surface area contributed by atoms with Gasteiger partial charge in [0.15, 0.2) is 0 Å². The second-order valence-electron chi connectivity index (χ2n) is 3.81. The minimum Gasteiger partial charge on any atom is -0.398 e. The Morgan fingerprint density at radius 1 is 1.42 bits per heavy atom. The van der Waals surface area contributed by atoms with Crippen LogP contribution in [0.4, 0.5) is 5.69 Å². The molecule has 0 bridgehead atoms. The number of anilines is 1. The van der Waals surface area contributed by atoms with Crippen molar-refractivity contribution in [2.45, 2.75) is 11.3 Å². The molecule has 2 rings (SSSR count). The van der Waals surface area contributed by atoms with Crippen LogP contribution in [0.1, 0.15) is 5.69 Å². The highest BCUT2D eigenvalue weighted by Gasteiger charge is 2.17. The van der Waals surface area contributed by atoms with Crippen LogP contribution >= 0.6 is 27.3 Å². The number of aromatic nitrogens is 1. The molecule has 0 radical (unpaired) electrons. The molecule has 0 fully saturated rings. The number of nitrogens with two attached hydrogens (primary N) is 1. The van der Waals surface area contributed by atoms with Crippen molar-refractivity contribution in [2.75, 3.05) is 12.3 Å². The van der Waals surface area contributed by atoms with E-state index in [2.05, 4.69) is 25.6 Å². The number of thiazole rings is 1. The van der Waals surface area contributed by atoms with Crippen molar-refractivity contribution in [1.29, 1.82) is 0 Å². The van der Waals surface area contributed by atoms with E-state index in [0.29, 0.717) is 10.9 Å². The van der Waals surface area contributed by atoms with Crippen LogP contribution in [0.2, 0.25) is 0 Å². The summed E-state index contributed by atoms with van der Waals surface area (Å²) in [6, 6.07) is 4.74. The first-order chi connectivity index (χ1) is 8.99.